The Morgan fingerprint density at radius 1 is 1.15 bits per heavy atom. The highest BCUT2D eigenvalue weighted by Crippen LogP contribution is 2.24. The number of ether oxygens (including phenoxy) is 1. The normalized spacial score (nSPS) is 11.6. The molecule has 0 unspecified atom stereocenters. The predicted molar refractivity (Wildman–Crippen MR) is 79.5 cm³/mol. The minimum Gasteiger partial charge on any atom is -0.508 e. The second-order valence-corrected chi connectivity index (χ2v) is 5.68. The van der Waals surface area contributed by atoms with Crippen LogP contribution in [0.3, 0.4) is 0 Å². The fourth-order valence-electron chi connectivity index (χ4n) is 1.86. The van der Waals surface area contributed by atoms with Gasteiger partial charge in [0, 0.05) is 0 Å². The molecule has 0 heterocycles. The number of carbonyl (C=O) groups is 1. The average Bonchev–Trinajstić information content (AvgIpc) is 2.44. The number of hydrogen-bond acceptors (Lipinski definition) is 3. The molecule has 20 heavy (non-hydrogen) atoms. The molecule has 0 aliphatic carbocycles. The van der Waals surface area contributed by atoms with E-state index in [2.05, 4.69) is 0 Å². The van der Waals surface area contributed by atoms with Gasteiger partial charge >= 0.3 is 5.97 Å². The summed E-state index contributed by atoms with van der Waals surface area (Å²) in [6.45, 7) is 6.03. The molecular formula is C17H20O3. The molecule has 3 nitrogen and oxygen atoms in total. The van der Waals surface area contributed by atoms with Gasteiger partial charge in [0.25, 0.3) is 0 Å². The lowest BCUT2D eigenvalue weighted by molar-refractivity contribution is -0.155. The molecule has 2 aromatic carbocycles. The van der Waals surface area contributed by atoms with E-state index in [4.69, 9.17) is 4.74 Å². The monoisotopic (exact) mass is 272 g/mol. The Hall–Kier alpha value is -2.03. The van der Waals surface area contributed by atoms with Crippen molar-refractivity contribution >= 4 is 16.7 Å². The first-order valence-electron chi connectivity index (χ1n) is 6.81. The third-order valence-electron chi connectivity index (χ3n) is 3.69. The van der Waals surface area contributed by atoms with Gasteiger partial charge in [0.1, 0.15) is 12.4 Å². The van der Waals surface area contributed by atoms with Crippen molar-refractivity contribution in [3.05, 3.63) is 42.0 Å². The maximum absolute atomic E-state index is 11.9. The van der Waals surface area contributed by atoms with Gasteiger partial charge in [-0.2, -0.15) is 0 Å². The van der Waals surface area contributed by atoms with Crippen LogP contribution in [0.15, 0.2) is 36.4 Å². The lowest BCUT2D eigenvalue weighted by Crippen LogP contribution is -2.25. The van der Waals surface area contributed by atoms with Crippen molar-refractivity contribution in [1.29, 1.82) is 0 Å². The maximum atomic E-state index is 11.9. The van der Waals surface area contributed by atoms with Crippen molar-refractivity contribution in [3.63, 3.8) is 0 Å². The third kappa shape index (κ3) is 3.10. The van der Waals surface area contributed by atoms with E-state index < -0.39 is 5.41 Å². The number of benzene rings is 2. The molecule has 0 saturated heterocycles. The first-order valence-corrected chi connectivity index (χ1v) is 6.81. The van der Waals surface area contributed by atoms with Gasteiger partial charge in [-0.05, 0) is 54.8 Å². The van der Waals surface area contributed by atoms with Crippen molar-refractivity contribution < 1.29 is 14.6 Å². The van der Waals surface area contributed by atoms with Crippen LogP contribution in [0.25, 0.3) is 10.8 Å². The Bertz CT molecular complexity index is 629. The van der Waals surface area contributed by atoms with Gasteiger partial charge in [0.2, 0.25) is 0 Å². The van der Waals surface area contributed by atoms with Gasteiger partial charge in [0.15, 0.2) is 0 Å². The zero-order valence-electron chi connectivity index (χ0n) is 12.1. The van der Waals surface area contributed by atoms with Crippen molar-refractivity contribution in [1.82, 2.24) is 0 Å². The summed E-state index contributed by atoms with van der Waals surface area (Å²) in [5, 5.41) is 11.4. The van der Waals surface area contributed by atoms with Crippen LogP contribution < -0.4 is 0 Å². The van der Waals surface area contributed by atoms with Gasteiger partial charge in [0.05, 0.1) is 5.41 Å². The van der Waals surface area contributed by atoms with Crippen molar-refractivity contribution in [3.8, 4) is 5.75 Å². The van der Waals surface area contributed by atoms with E-state index in [1.165, 1.54) is 0 Å². The van der Waals surface area contributed by atoms with Crippen LogP contribution in [-0.2, 0) is 16.1 Å². The third-order valence-corrected chi connectivity index (χ3v) is 3.69. The Morgan fingerprint density at radius 3 is 2.50 bits per heavy atom. The minimum atomic E-state index is -0.442. The lowest BCUT2D eigenvalue weighted by Gasteiger charge is -2.20. The molecule has 0 amide bonds. The summed E-state index contributed by atoms with van der Waals surface area (Å²) >= 11 is 0. The Morgan fingerprint density at radius 2 is 1.80 bits per heavy atom. The maximum Gasteiger partial charge on any atom is 0.311 e. The van der Waals surface area contributed by atoms with Gasteiger partial charge < -0.3 is 9.84 Å². The Labute approximate surface area is 119 Å². The summed E-state index contributed by atoms with van der Waals surface area (Å²) in [4.78, 5) is 11.9. The fourth-order valence-corrected chi connectivity index (χ4v) is 1.86. The van der Waals surface area contributed by atoms with E-state index in [9.17, 15) is 9.90 Å². The second-order valence-electron chi connectivity index (χ2n) is 5.68. The van der Waals surface area contributed by atoms with Gasteiger partial charge in [-0.25, -0.2) is 0 Å². The van der Waals surface area contributed by atoms with Crippen LogP contribution in [-0.4, -0.2) is 11.1 Å². The standard InChI is InChI=1S/C17H20O3/c1-4-17(2,3)16(19)20-11-12-5-6-14-10-15(18)8-7-13(14)9-12/h5-10,18H,4,11H2,1-3H3. The predicted octanol–water partition coefficient (Wildman–Crippen LogP) is 4.02. The molecule has 3 heteroatoms. The van der Waals surface area contributed by atoms with E-state index >= 15 is 0 Å². The van der Waals surface area contributed by atoms with Gasteiger partial charge in [-0.1, -0.05) is 25.1 Å². The van der Waals surface area contributed by atoms with Gasteiger partial charge in [-0.15, -0.1) is 0 Å². The Kier molecular flexibility index (Phi) is 3.98. The van der Waals surface area contributed by atoms with Crippen LogP contribution in [0.4, 0.5) is 0 Å². The van der Waals surface area contributed by atoms with E-state index in [1.807, 2.05) is 45.0 Å². The van der Waals surface area contributed by atoms with Crippen LogP contribution in [0.1, 0.15) is 32.8 Å². The summed E-state index contributed by atoms with van der Waals surface area (Å²) in [6, 6.07) is 11.0. The zero-order chi connectivity index (χ0) is 14.8. The average molecular weight is 272 g/mol. The summed E-state index contributed by atoms with van der Waals surface area (Å²) < 4.78 is 5.37. The number of hydrogen-bond donors (Lipinski definition) is 1. The van der Waals surface area contributed by atoms with E-state index in [0.29, 0.717) is 0 Å². The topological polar surface area (TPSA) is 46.5 Å². The van der Waals surface area contributed by atoms with Crippen LogP contribution in [0.2, 0.25) is 0 Å². The van der Waals surface area contributed by atoms with Crippen LogP contribution in [0.5, 0.6) is 5.75 Å². The first-order chi connectivity index (χ1) is 9.42. The first kappa shape index (κ1) is 14.4. The smallest absolute Gasteiger partial charge is 0.311 e. The highest BCUT2D eigenvalue weighted by Gasteiger charge is 2.26. The number of carbonyl (C=O) groups excluding carboxylic acids is 1. The number of phenolic OH excluding ortho intramolecular Hbond substituents is 1. The van der Waals surface area contributed by atoms with Crippen LogP contribution in [0, 0.1) is 5.41 Å². The van der Waals surface area contributed by atoms with Crippen molar-refractivity contribution in [2.45, 2.75) is 33.8 Å². The van der Waals surface area contributed by atoms with Crippen molar-refractivity contribution in [2.24, 2.45) is 5.41 Å². The molecule has 0 aliphatic rings. The molecule has 2 rings (SSSR count). The molecule has 0 bridgehead atoms. The molecular weight excluding hydrogens is 252 g/mol. The molecule has 2 aromatic rings. The SMILES string of the molecule is CCC(C)(C)C(=O)OCc1ccc2cc(O)ccc2c1. The fraction of sp³-hybridized carbons (Fsp3) is 0.353. The van der Waals surface area contributed by atoms with Gasteiger partial charge in [-0.3, -0.25) is 4.79 Å². The largest absolute Gasteiger partial charge is 0.508 e. The summed E-state index contributed by atoms with van der Waals surface area (Å²) in [5.41, 5.74) is 0.506. The van der Waals surface area contributed by atoms with E-state index in [0.717, 1.165) is 22.8 Å². The Balaban J connectivity index is 2.11. The van der Waals surface area contributed by atoms with E-state index in [1.54, 1.807) is 12.1 Å². The number of aromatic hydroxyl groups is 1. The summed E-state index contributed by atoms with van der Waals surface area (Å²) in [6.07, 6.45) is 0.753. The summed E-state index contributed by atoms with van der Waals surface area (Å²) in [5.74, 6) is 0.0761. The molecule has 0 spiro atoms. The zero-order valence-corrected chi connectivity index (χ0v) is 12.1. The second kappa shape index (κ2) is 5.53. The molecule has 0 fully saturated rings. The molecule has 0 radical (unpaired) electrons. The molecule has 106 valence electrons. The molecule has 0 aromatic heterocycles. The van der Waals surface area contributed by atoms with Crippen molar-refractivity contribution in [2.75, 3.05) is 0 Å². The lowest BCUT2D eigenvalue weighted by atomic mass is 9.91. The molecule has 0 saturated carbocycles. The number of rotatable bonds is 4. The summed E-state index contributed by atoms with van der Waals surface area (Å²) in [7, 11) is 0. The molecule has 1 N–H and O–H groups in total. The minimum absolute atomic E-state index is 0.175. The number of esters is 1. The number of phenols is 1. The quantitative estimate of drug-likeness (QED) is 0.855. The molecule has 0 aliphatic heterocycles. The van der Waals surface area contributed by atoms with Crippen LogP contribution >= 0.6 is 0 Å². The van der Waals surface area contributed by atoms with E-state index in [-0.39, 0.29) is 18.3 Å². The highest BCUT2D eigenvalue weighted by atomic mass is 16.5. The molecule has 0 atom stereocenters. The number of fused-ring (bicyclic) bond motifs is 1. The highest BCUT2D eigenvalue weighted by molar-refractivity contribution is 5.84.